The van der Waals surface area contributed by atoms with E-state index in [4.69, 9.17) is 11.6 Å². The van der Waals surface area contributed by atoms with E-state index in [0.717, 1.165) is 11.3 Å². The van der Waals surface area contributed by atoms with Crippen LogP contribution in [0.15, 0.2) is 47.4 Å². The summed E-state index contributed by atoms with van der Waals surface area (Å²) in [6.45, 7) is 3.72. The zero-order chi connectivity index (χ0) is 23.6. The number of rotatable bonds is 4. The van der Waals surface area contributed by atoms with Gasteiger partial charge in [0.15, 0.2) is 0 Å². The van der Waals surface area contributed by atoms with Crippen molar-refractivity contribution in [2.45, 2.75) is 23.9 Å². The van der Waals surface area contributed by atoms with Crippen molar-refractivity contribution in [3.05, 3.63) is 58.6 Å². The molecule has 0 radical (unpaired) electrons. The highest BCUT2D eigenvalue weighted by molar-refractivity contribution is 8.45. The number of halogens is 7. The van der Waals surface area contributed by atoms with Crippen molar-refractivity contribution in [3.8, 4) is 0 Å². The summed E-state index contributed by atoms with van der Waals surface area (Å²) < 4.78 is 79.6. The summed E-state index contributed by atoms with van der Waals surface area (Å²) in [4.78, 5) is 14.3. The van der Waals surface area contributed by atoms with Gasteiger partial charge in [0, 0.05) is 43.3 Å². The average molecular weight is 499 g/mol. The van der Waals surface area contributed by atoms with Crippen LogP contribution in [0.25, 0.3) is 0 Å². The molecule has 0 bridgehead atoms. The van der Waals surface area contributed by atoms with Gasteiger partial charge in [-0.05, 0) is 42.3 Å². The average Bonchev–Trinajstić information content (AvgIpc) is 3.41. The van der Waals surface area contributed by atoms with Gasteiger partial charge in [-0.25, -0.2) is 4.39 Å². The maximum absolute atomic E-state index is 15.2. The van der Waals surface area contributed by atoms with Gasteiger partial charge in [-0.1, -0.05) is 49.2 Å². The van der Waals surface area contributed by atoms with E-state index in [1.807, 2.05) is 19.1 Å². The molecule has 2 aromatic carbocycles. The molecule has 0 aromatic heterocycles. The third-order valence-electron chi connectivity index (χ3n) is 6.07. The molecule has 3 nitrogen and oxygen atoms in total. The lowest BCUT2D eigenvalue weighted by atomic mass is 10.1. The second-order valence-corrected chi connectivity index (χ2v) is 11.2. The van der Waals surface area contributed by atoms with Crippen LogP contribution in [0.2, 0.25) is 5.02 Å². The van der Waals surface area contributed by atoms with Crippen LogP contribution in [0, 0.1) is 12.8 Å². The predicted molar refractivity (Wildman–Crippen MR) is 114 cm³/mol. The van der Waals surface area contributed by atoms with Crippen LogP contribution in [-0.2, 0) is 10.5 Å². The Balaban J connectivity index is 1.41. The number of hydrogen-bond donors (Lipinski definition) is 0. The van der Waals surface area contributed by atoms with E-state index in [1.54, 1.807) is 6.07 Å². The molecule has 2 aromatic rings. The number of piperazine rings is 1. The first-order chi connectivity index (χ1) is 14.6. The summed E-state index contributed by atoms with van der Waals surface area (Å²) in [6.07, 6.45) is -0.185. The summed E-state index contributed by atoms with van der Waals surface area (Å²) in [7, 11) is -9.82. The number of carbonyl (C=O) groups excluding carboxylic acids is 1. The Labute approximate surface area is 186 Å². The van der Waals surface area contributed by atoms with Crippen molar-refractivity contribution < 1.29 is 28.6 Å². The van der Waals surface area contributed by atoms with Crippen molar-refractivity contribution in [3.63, 3.8) is 0 Å². The molecule has 4 rings (SSSR count). The second-order valence-electron chi connectivity index (χ2n) is 8.36. The van der Waals surface area contributed by atoms with Gasteiger partial charge >= 0.3 is 10.2 Å². The van der Waals surface area contributed by atoms with E-state index in [2.05, 4.69) is 4.90 Å². The van der Waals surface area contributed by atoms with Crippen molar-refractivity contribution in [2.75, 3.05) is 31.1 Å². The summed E-state index contributed by atoms with van der Waals surface area (Å²) in [5.41, 5.74) is -0.350. The number of amides is 1. The lowest BCUT2D eigenvalue weighted by Crippen LogP contribution is -2.49. The Bertz CT molecular complexity index is 1070. The molecular formula is C21H21ClF6N2OS. The summed E-state index contributed by atoms with van der Waals surface area (Å²) >= 11 is 6.07. The topological polar surface area (TPSA) is 23.6 Å². The van der Waals surface area contributed by atoms with Crippen LogP contribution >= 0.6 is 21.8 Å². The Morgan fingerprint density at radius 1 is 1.00 bits per heavy atom. The maximum Gasteiger partial charge on any atom is 0.310 e. The van der Waals surface area contributed by atoms with E-state index >= 15 is 4.39 Å². The molecule has 176 valence electrons. The predicted octanol–water partition coefficient (Wildman–Crippen LogP) is 6.84. The normalized spacial score (nSPS) is 25.8. The minimum absolute atomic E-state index is 0.185. The highest BCUT2D eigenvalue weighted by atomic mass is 35.5. The van der Waals surface area contributed by atoms with Crippen LogP contribution in [0.1, 0.15) is 17.5 Å². The molecule has 11 heteroatoms. The highest BCUT2D eigenvalue weighted by Crippen LogP contribution is 3.02. The van der Waals surface area contributed by atoms with Crippen LogP contribution in [0.4, 0.5) is 29.5 Å². The Kier molecular flexibility index (Phi) is 4.85. The number of hydrogen-bond acceptors (Lipinski definition) is 2. The SMILES string of the molecule is Cc1ccc(Cl)cc1N1CCN(C(=O)[C@H]2C[C@@]2(F)c2ccc(S(F)(F)(F)(F)F)cc2)CC1. The first-order valence-electron chi connectivity index (χ1n) is 9.92. The van der Waals surface area contributed by atoms with Gasteiger partial charge in [0.05, 0.1) is 5.92 Å². The van der Waals surface area contributed by atoms with E-state index in [0.29, 0.717) is 43.3 Å². The minimum Gasteiger partial charge on any atom is -0.368 e. The van der Waals surface area contributed by atoms with Gasteiger partial charge in [0.25, 0.3) is 0 Å². The number of nitrogens with zero attached hydrogens (tertiary/aromatic N) is 2. The van der Waals surface area contributed by atoms with E-state index in [9.17, 15) is 24.2 Å². The number of anilines is 1. The Morgan fingerprint density at radius 2 is 1.59 bits per heavy atom. The largest absolute Gasteiger partial charge is 0.368 e. The second kappa shape index (κ2) is 6.72. The van der Waals surface area contributed by atoms with Gasteiger partial charge < -0.3 is 9.80 Å². The molecule has 0 spiro atoms. The standard InChI is InChI=1S/C21H21ClF6N2OS/c1-14-2-5-16(22)12-19(14)29-8-10-30(11-9-29)20(31)18-13-21(18,23)15-3-6-17(7-4-15)32(24,25,26,27)28/h2-7,12,18H,8-11,13H2,1H3/t18-,21-/m1/s1. The maximum atomic E-state index is 15.2. The molecule has 0 N–H and O–H groups in total. The van der Waals surface area contributed by atoms with Gasteiger partial charge in [0.1, 0.15) is 10.6 Å². The molecule has 1 saturated heterocycles. The molecule has 2 fully saturated rings. The van der Waals surface area contributed by atoms with Crippen molar-refractivity contribution in [2.24, 2.45) is 5.92 Å². The molecule has 1 heterocycles. The summed E-state index contributed by atoms with van der Waals surface area (Å²) in [5, 5.41) is 0.598. The molecule has 2 aliphatic rings. The fourth-order valence-corrected chi connectivity index (χ4v) is 4.96. The first kappa shape index (κ1) is 23.1. The molecule has 2 atom stereocenters. The van der Waals surface area contributed by atoms with Crippen molar-refractivity contribution in [1.82, 2.24) is 4.90 Å². The number of aryl methyl sites for hydroxylation is 1. The fraction of sp³-hybridized carbons (Fsp3) is 0.381. The third-order valence-corrected chi connectivity index (χ3v) is 7.47. The van der Waals surface area contributed by atoms with Crippen LogP contribution in [-0.4, -0.2) is 37.0 Å². The van der Waals surface area contributed by atoms with Crippen LogP contribution in [0.3, 0.4) is 0 Å². The lowest BCUT2D eigenvalue weighted by molar-refractivity contribution is -0.134. The van der Waals surface area contributed by atoms with E-state index in [-0.39, 0.29) is 24.1 Å². The molecule has 32 heavy (non-hydrogen) atoms. The Hall–Kier alpha value is -2.07. The molecule has 1 aliphatic carbocycles. The monoisotopic (exact) mass is 498 g/mol. The zero-order valence-electron chi connectivity index (χ0n) is 17.0. The summed E-state index contributed by atoms with van der Waals surface area (Å²) in [6, 6.07) is 7.30. The van der Waals surface area contributed by atoms with Crippen molar-refractivity contribution in [1.29, 1.82) is 0 Å². The first-order valence-corrected chi connectivity index (χ1v) is 12.2. The molecule has 0 unspecified atom stereocenters. The fourth-order valence-electron chi connectivity index (χ4n) is 4.14. The van der Waals surface area contributed by atoms with Gasteiger partial charge in [0.2, 0.25) is 5.91 Å². The van der Waals surface area contributed by atoms with E-state index < -0.39 is 32.6 Å². The zero-order valence-corrected chi connectivity index (χ0v) is 18.6. The van der Waals surface area contributed by atoms with E-state index in [1.165, 1.54) is 4.90 Å². The van der Waals surface area contributed by atoms with Crippen LogP contribution in [0.5, 0.6) is 0 Å². The third kappa shape index (κ3) is 4.39. The van der Waals surface area contributed by atoms with Gasteiger partial charge in [-0.3, -0.25) is 4.79 Å². The Morgan fingerprint density at radius 3 is 2.16 bits per heavy atom. The quantitative estimate of drug-likeness (QED) is 0.431. The van der Waals surface area contributed by atoms with Gasteiger partial charge in [-0.15, -0.1) is 0 Å². The molecular weight excluding hydrogens is 478 g/mol. The van der Waals surface area contributed by atoms with Crippen LogP contribution < -0.4 is 4.90 Å². The number of alkyl halides is 1. The minimum atomic E-state index is -9.82. The molecule has 1 saturated carbocycles. The van der Waals surface area contributed by atoms with Crippen molar-refractivity contribution >= 4 is 33.4 Å². The summed E-state index contributed by atoms with van der Waals surface area (Å²) in [5.74, 6) is -1.46. The number of carbonyl (C=O) groups is 1. The number of benzene rings is 2. The lowest BCUT2D eigenvalue weighted by Gasteiger charge is -2.40. The molecule has 1 amide bonds. The highest BCUT2D eigenvalue weighted by Gasteiger charge is 2.66. The van der Waals surface area contributed by atoms with Gasteiger partial charge in [-0.2, -0.15) is 0 Å². The smallest absolute Gasteiger partial charge is 0.310 e. The molecule has 1 aliphatic heterocycles.